The van der Waals surface area contributed by atoms with E-state index in [1.807, 2.05) is 38.1 Å². The molecule has 0 bridgehead atoms. The molecule has 0 aliphatic rings. The predicted octanol–water partition coefficient (Wildman–Crippen LogP) is 2.26. The molecule has 0 spiro atoms. The summed E-state index contributed by atoms with van der Waals surface area (Å²) < 4.78 is 30.9. The van der Waals surface area contributed by atoms with E-state index in [4.69, 9.17) is 4.52 Å². The van der Waals surface area contributed by atoms with Gasteiger partial charge in [-0.2, -0.15) is 4.98 Å². The number of hydrogen-bond acceptors (Lipinski definition) is 5. The molecule has 0 unspecified atom stereocenters. The van der Waals surface area contributed by atoms with Gasteiger partial charge in [-0.3, -0.25) is 0 Å². The molecule has 0 aliphatic heterocycles. The minimum absolute atomic E-state index is 0.0187. The van der Waals surface area contributed by atoms with Gasteiger partial charge in [0, 0.05) is 5.56 Å². The first-order valence-electron chi connectivity index (χ1n) is 6.87. The largest absolute Gasteiger partial charge is 0.338 e. The number of rotatable bonds is 7. The van der Waals surface area contributed by atoms with E-state index in [0.29, 0.717) is 12.2 Å². The molecule has 0 saturated carbocycles. The lowest BCUT2D eigenvalue weighted by Crippen LogP contribution is -2.26. The highest BCUT2D eigenvalue weighted by Gasteiger charge is 2.13. The van der Waals surface area contributed by atoms with Gasteiger partial charge >= 0.3 is 0 Å². The molecule has 114 valence electrons. The van der Waals surface area contributed by atoms with Crippen LogP contribution in [-0.4, -0.2) is 24.3 Å². The van der Waals surface area contributed by atoms with E-state index in [0.717, 1.165) is 17.5 Å². The average Bonchev–Trinajstić information content (AvgIpc) is 2.92. The topological polar surface area (TPSA) is 85.1 Å². The zero-order valence-electron chi connectivity index (χ0n) is 12.2. The number of hydrogen-bond donors (Lipinski definition) is 1. The van der Waals surface area contributed by atoms with Crippen LogP contribution in [0.25, 0.3) is 11.4 Å². The second-order valence-corrected chi connectivity index (χ2v) is 6.80. The SMILES string of the molecule is CCCCS(=O)(=O)NCc1nc(-c2cccc(C)c2)no1. The summed E-state index contributed by atoms with van der Waals surface area (Å²) in [7, 11) is -3.28. The standard InChI is InChI=1S/C14H19N3O3S/c1-3-4-8-21(18,19)15-10-13-16-14(17-20-13)12-7-5-6-11(2)9-12/h5-7,9,15H,3-4,8,10H2,1-2H3. The lowest BCUT2D eigenvalue weighted by Gasteiger charge is -2.02. The molecule has 0 radical (unpaired) electrons. The van der Waals surface area contributed by atoms with Crippen LogP contribution in [0.2, 0.25) is 0 Å². The highest BCUT2D eigenvalue weighted by molar-refractivity contribution is 7.89. The summed E-state index contributed by atoms with van der Waals surface area (Å²) in [5.41, 5.74) is 1.94. The molecule has 1 heterocycles. The molecule has 1 N–H and O–H groups in total. The Morgan fingerprint density at radius 1 is 1.33 bits per heavy atom. The van der Waals surface area contributed by atoms with Crippen LogP contribution >= 0.6 is 0 Å². The molecule has 0 atom stereocenters. The third-order valence-corrected chi connectivity index (χ3v) is 4.36. The Morgan fingerprint density at radius 3 is 2.86 bits per heavy atom. The second-order valence-electron chi connectivity index (χ2n) is 4.87. The highest BCUT2D eigenvalue weighted by Crippen LogP contribution is 2.16. The van der Waals surface area contributed by atoms with E-state index in [9.17, 15) is 8.42 Å². The molecular formula is C14H19N3O3S. The maximum atomic E-state index is 11.7. The Bertz CT molecular complexity index is 695. The van der Waals surface area contributed by atoms with Gasteiger partial charge < -0.3 is 4.52 Å². The van der Waals surface area contributed by atoms with Crippen molar-refractivity contribution >= 4 is 10.0 Å². The monoisotopic (exact) mass is 309 g/mol. The molecule has 1 aromatic heterocycles. The van der Waals surface area contributed by atoms with Gasteiger partial charge in [-0.1, -0.05) is 42.3 Å². The van der Waals surface area contributed by atoms with Crippen molar-refractivity contribution in [2.24, 2.45) is 0 Å². The molecule has 2 aromatic rings. The quantitative estimate of drug-likeness (QED) is 0.848. The van der Waals surface area contributed by atoms with Gasteiger partial charge in [0.1, 0.15) is 0 Å². The maximum absolute atomic E-state index is 11.7. The van der Waals surface area contributed by atoms with Crippen LogP contribution in [0.1, 0.15) is 31.2 Å². The minimum Gasteiger partial charge on any atom is -0.338 e. The van der Waals surface area contributed by atoms with Crippen molar-refractivity contribution in [3.05, 3.63) is 35.7 Å². The molecule has 1 aromatic carbocycles. The lowest BCUT2D eigenvalue weighted by atomic mass is 10.1. The summed E-state index contributed by atoms with van der Waals surface area (Å²) in [6.07, 6.45) is 1.46. The van der Waals surface area contributed by atoms with Crippen molar-refractivity contribution in [3.63, 3.8) is 0 Å². The number of sulfonamides is 1. The Morgan fingerprint density at radius 2 is 2.14 bits per heavy atom. The van der Waals surface area contributed by atoms with Crippen molar-refractivity contribution in [3.8, 4) is 11.4 Å². The van der Waals surface area contributed by atoms with E-state index >= 15 is 0 Å². The highest BCUT2D eigenvalue weighted by atomic mass is 32.2. The Hall–Kier alpha value is -1.73. The van der Waals surface area contributed by atoms with Crippen LogP contribution in [-0.2, 0) is 16.6 Å². The van der Waals surface area contributed by atoms with Gasteiger partial charge in [0.2, 0.25) is 21.7 Å². The third kappa shape index (κ3) is 4.64. The van der Waals surface area contributed by atoms with E-state index < -0.39 is 10.0 Å². The van der Waals surface area contributed by atoms with Crippen LogP contribution in [0.4, 0.5) is 0 Å². The first kappa shape index (κ1) is 15.7. The predicted molar refractivity (Wildman–Crippen MR) is 80.0 cm³/mol. The smallest absolute Gasteiger partial charge is 0.242 e. The van der Waals surface area contributed by atoms with Gasteiger partial charge in [0.05, 0.1) is 12.3 Å². The fraction of sp³-hybridized carbons (Fsp3) is 0.429. The van der Waals surface area contributed by atoms with Crippen molar-refractivity contribution < 1.29 is 12.9 Å². The molecule has 7 heteroatoms. The molecule has 0 aliphatic carbocycles. The molecule has 6 nitrogen and oxygen atoms in total. The molecule has 21 heavy (non-hydrogen) atoms. The normalized spacial score (nSPS) is 11.7. The Kier molecular flexibility index (Phi) is 5.08. The number of benzene rings is 1. The van der Waals surface area contributed by atoms with Crippen molar-refractivity contribution in [1.29, 1.82) is 0 Å². The maximum Gasteiger partial charge on any atom is 0.242 e. The van der Waals surface area contributed by atoms with Crippen LogP contribution in [0.15, 0.2) is 28.8 Å². The first-order valence-corrected chi connectivity index (χ1v) is 8.52. The minimum atomic E-state index is -3.28. The van der Waals surface area contributed by atoms with Gasteiger partial charge in [-0.25, -0.2) is 13.1 Å². The summed E-state index contributed by atoms with van der Waals surface area (Å²) in [4.78, 5) is 4.20. The molecule has 2 rings (SSSR count). The zero-order valence-corrected chi connectivity index (χ0v) is 13.0. The third-order valence-electron chi connectivity index (χ3n) is 2.95. The molecule has 0 fully saturated rings. The number of aromatic nitrogens is 2. The number of nitrogens with zero attached hydrogens (tertiary/aromatic N) is 2. The summed E-state index contributed by atoms with van der Waals surface area (Å²) in [5, 5.41) is 3.87. The van der Waals surface area contributed by atoms with Crippen LogP contribution < -0.4 is 4.72 Å². The first-order chi connectivity index (χ1) is 10.00. The second kappa shape index (κ2) is 6.82. The Labute approximate surface area is 124 Å². The summed E-state index contributed by atoms with van der Waals surface area (Å²) in [6, 6.07) is 7.72. The van der Waals surface area contributed by atoms with E-state index in [-0.39, 0.29) is 18.2 Å². The van der Waals surface area contributed by atoms with Gasteiger partial charge in [0.25, 0.3) is 0 Å². The fourth-order valence-corrected chi connectivity index (χ4v) is 2.96. The van der Waals surface area contributed by atoms with E-state index in [1.165, 1.54) is 0 Å². The van der Waals surface area contributed by atoms with Gasteiger partial charge in [-0.05, 0) is 19.4 Å². The van der Waals surface area contributed by atoms with Crippen LogP contribution in [0.5, 0.6) is 0 Å². The van der Waals surface area contributed by atoms with Crippen molar-refractivity contribution in [2.45, 2.75) is 33.2 Å². The van der Waals surface area contributed by atoms with Gasteiger partial charge in [-0.15, -0.1) is 0 Å². The number of unbranched alkanes of at least 4 members (excludes halogenated alkanes) is 1. The molecule has 0 saturated heterocycles. The summed E-state index contributed by atoms with van der Waals surface area (Å²) in [6.45, 7) is 3.94. The van der Waals surface area contributed by atoms with Crippen molar-refractivity contribution in [2.75, 3.05) is 5.75 Å². The van der Waals surface area contributed by atoms with Crippen LogP contribution in [0, 0.1) is 6.92 Å². The number of nitrogens with one attached hydrogen (secondary N) is 1. The molecule has 0 amide bonds. The van der Waals surface area contributed by atoms with E-state index in [1.54, 1.807) is 0 Å². The lowest BCUT2D eigenvalue weighted by molar-refractivity contribution is 0.376. The Balaban J connectivity index is 2.01. The van der Waals surface area contributed by atoms with Crippen LogP contribution in [0.3, 0.4) is 0 Å². The van der Waals surface area contributed by atoms with E-state index in [2.05, 4.69) is 14.9 Å². The molecular weight excluding hydrogens is 290 g/mol. The average molecular weight is 309 g/mol. The summed E-state index contributed by atoms with van der Waals surface area (Å²) in [5.74, 6) is 0.829. The van der Waals surface area contributed by atoms with Crippen molar-refractivity contribution in [1.82, 2.24) is 14.9 Å². The fourth-order valence-electron chi connectivity index (χ4n) is 1.81. The zero-order chi connectivity index (χ0) is 15.3. The number of aryl methyl sites for hydroxylation is 1. The van der Waals surface area contributed by atoms with Gasteiger partial charge in [0.15, 0.2) is 0 Å². The summed E-state index contributed by atoms with van der Waals surface area (Å²) >= 11 is 0.